The summed E-state index contributed by atoms with van der Waals surface area (Å²) in [7, 11) is 0. The first-order valence-electron chi connectivity index (χ1n) is 7.42. The lowest BCUT2D eigenvalue weighted by atomic mass is 10.2. The number of carbonyl (C=O) groups is 2. The van der Waals surface area contributed by atoms with Gasteiger partial charge in [0.05, 0.1) is 12.1 Å². The van der Waals surface area contributed by atoms with Crippen molar-refractivity contribution in [1.29, 1.82) is 0 Å². The number of amides is 2. The summed E-state index contributed by atoms with van der Waals surface area (Å²) in [5, 5.41) is 3.65. The number of nitrogens with zero attached hydrogens (tertiary/aromatic N) is 1. The van der Waals surface area contributed by atoms with Gasteiger partial charge in [-0.3, -0.25) is 9.59 Å². The number of imide groups is 1. The van der Waals surface area contributed by atoms with Crippen molar-refractivity contribution in [2.45, 2.75) is 26.3 Å². The Bertz CT molecular complexity index is 788. The van der Waals surface area contributed by atoms with Gasteiger partial charge in [-0.1, -0.05) is 29.8 Å². The molecule has 1 saturated heterocycles. The van der Waals surface area contributed by atoms with Crippen molar-refractivity contribution in [3.8, 4) is 0 Å². The number of benzene rings is 2. The average molecular weight is 329 g/mol. The quantitative estimate of drug-likeness (QED) is 0.874. The largest absolute Gasteiger partial charge is 0.373 e. The fraction of sp³-hybridized carbons (Fsp3) is 0.222. The lowest BCUT2D eigenvalue weighted by Gasteiger charge is -2.18. The second-order valence-corrected chi connectivity index (χ2v) is 6.21. The summed E-state index contributed by atoms with van der Waals surface area (Å²) < 4.78 is 0. The molecule has 23 heavy (non-hydrogen) atoms. The first-order chi connectivity index (χ1) is 11.0. The lowest BCUT2D eigenvalue weighted by Crippen LogP contribution is -2.35. The first kappa shape index (κ1) is 15.6. The smallest absolute Gasteiger partial charge is 0.256 e. The van der Waals surface area contributed by atoms with Crippen LogP contribution in [0.1, 0.15) is 17.5 Å². The molecule has 1 aliphatic rings. The van der Waals surface area contributed by atoms with Gasteiger partial charge in [-0.05, 0) is 49.2 Å². The highest BCUT2D eigenvalue weighted by Gasteiger charge is 2.40. The third-order valence-corrected chi connectivity index (χ3v) is 4.15. The van der Waals surface area contributed by atoms with Gasteiger partial charge in [-0.15, -0.1) is 0 Å². The zero-order valence-corrected chi connectivity index (χ0v) is 13.7. The molecule has 2 aromatic carbocycles. The maximum absolute atomic E-state index is 12.7. The Morgan fingerprint density at radius 2 is 1.91 bits per heavy atom. The number of hydrogen-bond donors (Lipinski definition) is 1. The average Bonchev–Trinajstić information content (AvgIpc) is 2.76. The number of rotatable bonds is 3. The molecular weight excluding hydrogens is 312 g/mol. The summed E-state index contributed by atoms with van der Waals surface area (Å²) in [5.74, 6) is -0.465. The van der Waals surface area contributed by atoms with Crippen LogP contribution in [0.2, 0.25) is 5.02 Å². The Morgan fingerprint density at radius 1 is 1.13 bits per heavy atom. The predicted molar refractivity (Wildman–Crippen MR) is 91.9 cm³/mol. The van der Waals surface area contributed by atoms with Gasteiger partial charge in [0, 0.05) is 10.7 Å². The molecule has 2 aromatic rings. The van der Waals surface area contributed by atoms with Crippen LogP contribution in [-0.2, 0) is 9.59 Å². The Balaban J connectivity index is 1.87. The van der Waals surface area contributed by atoms with E-state index in [9.17, 15) is 9.59 Å². The third kappa shape index (κ3) is 3.08. The van der Waals surface area contributed by atoms with Gasteiger partial charge >= 0.3 is 0 Å². The van der Waals surface area contributed by atoms with Gasteiger partial charge in [0.15, 0.2) is 0 Å². The highest BCUT2D eigenvalue weighted by molar-refractivity contribution is 6.31. The van der Waals surface area contributed by atoms with Gasteiger partial charge in [-0.2, -0.15) is 0 Å². The molecule has 5 heteroatoms. The number of carbonyl (C=O) groups excluding carboxylic acids is 2. The fourth-order valence-electron chi connectivity index (χ4n) is 2.76. The molecule has 1 N–H and O–H groups in total. The topological polar surface area (TPSA) is 49.4 Å². The first-order valence-corrected chi connectivity index (χ1v) is 7.79. The van der Waals surface area contributed by atoms with Gasteiger partial charge in [0.1, 0.15) is 6.04 Å². The van der Waals surface area contributed by atoms with E-state index in [1.165, 1.54) is 4.90 Å². The molecule has 2 amide bonds. The molecular formula is C18H17ClN2O2. The summed E-state index contributed by atoms with van der Waals surface area (Å²) in [6.45, 7) is 3.84. The van der Waals surface area contributed by atoms with E-state index in [4.69, 9.17) is 11.6 Å². The molecule has 3 rings (SSSR count). The second-order valence-electron chi connectivity index (χ2n) is 5.77. The Labute approximate surface area is 140 Å². The molecule has 1 fully saturated rings. The van der Waals surface area contributed by atoms with Crippen LogP contribution in [0.3, 0.4) is 0 Å². The van der Waals surface area contributed by atoms with Crippen LogP contribution in [0.4, 0.5) is 11.4 Å². The maximum atomic E-state index is 12.7. The third-order valence-electron chi connectivity index (χ3n) is 3.92. The summed E-state index contributed by atoms with van der Waals surface area (Å²) in [4.78, 5) is 26.2. The van der Waals surface area contributed by atoms with E-state index in [-0.39, 0.29) is 18.2 Å². The van der Waals surface area contributed by atoms with Gasteiger partial charge < -0.3 is 5.32 Å². The van der Waals surface area contributed by atoms with Crippen LogP contribution in [0.5, 0.6) is 0 Å². The minimum Gasteiger partial charge on any atom is -0.373 e. The van der Waals surface area contributed by atoms with E-state index in [1.54, 1.807) is 18.2 Å². The minimum atomic E-state index is -0.553. The van der Waals surface area contributed by atoms with E-state index in [0.717, 1.165) is 16.8 Å². The minimum absolute atomic E-state index is 0.138. The van der Waals surface area contributed by atoms with Crippen molar-refractivity contribution >= 4 is 34.8 Å². The monoisotopic (exact) mass is 328 g/mol. The van der Waals surface area contributed by atoms with E-state index < -0.39 is 6.04 Å². The van der Waals surface area contributed by atoms with Crippen LogP contribution in [0.25, 0.3) is 0 Å². The molecule has 0 aliphatic carbocycles. The number of halogens is 1. The zero-order valence-electron chi connectivity index (χ0n) is 13.0. The van der Waals surface area contributed by atoms with E-state index in [2.05, 4.69) is 5.32 Å². The second kappa shape index (κ2) is 6.05. The fourth-order valence-corrected chi connectivity index (χ4v) is 2.92. The summed E-state index contributed by atoms with van der Waals surface area (Å²) >= 11 is 6.01. The summed E-state index contributed by atoms with van der Waals surface area (Å²) in [6.07, 6.45) is 0.138. The summed E-state index contributed by atoms with van der Waals surface area (Å²) in [6, 6.07) is 12.4. The number of aryl methyl sites for hydroxylation is 2. The predicted octanol–water partition coefficient (Wildman–Crippen LogP) is 3.70. The Kier molecular flexibility index (Phi) is 4.09. The normalized spacial score (nSPS) is 17.7. The van der Waals surface area contributed by atoms with Crippen molar-refractivity contribution in [3.05, 3.63) is 58.6 Å². The van der Waals surface area contributed by atoms with Gasteiger partial charge in [0.25, 0.3) is 5.91 Å². The van der Waals surface area contributed by atoms with E-state index >= 15 is 0 Å². The van der Waals surface area contributed by atoms with E-state index in [0.29, 0.717) is 10.7 Å². The van der Waals surface area contributed by atoms with Crippen molar-refractivity contribution in [2.24, 2.45) is 0 Å². The van der Waals surface area contributed by atoms with Crippen LogP contribution in [-0.4, -0.2) is 17.9 Å². The molecule has 0 saturated carbocycles. The number of nitrogens with one attached hydrogen (secondary N) is 1. The van der Waals surface area contributed by atoms with Crippen molar-refractivity contribution < 1.29 is 9.59 Å². The van der Waals surface area contributed by atoms with Crippen LogP contribution < -0.4 is 10.2 Å². The molecule has 1 atom stereocenters. The SMILES string of the molecule is Cc1cccc(N[C@@H]2CC(=O)N(c3cc(Cl)ccc3C)C2=O)c1. The molecule has 0 bridgehead atoms. The maximum Gasteiger partial charge on any atom is 0.256 e. The standard InChI is InChI=1S/C18H17ClN2O2/c1-11-4-3-5-14(8-11)20-15-10-17(22)21(18(15)23)16-9-13(19)7-6-12(16)2/h3-9,15,20H,10H2,1-2H3/t15-/m1/s1. The Hall–Kier alpha value is -2.33. The van der Waals surface area contributed by atoms with Gasteiger partial charge in [-0.25, -0.2) is 4.90 Å². The number of hydrogen-bond acceptors (Lipinski definition) is 3. The zero-order chi connectivity index (χ0) is 16.6. The van der Waals surface area contributed by atoms with Crippen molar-refractivity contribution in [2.75, 3.05) is 10.2 Å². The molecule has 0 radical (unpaired) electrons. The molecule has 0 unspecified atom stereocenters. The van der Waals surface area contributed by atoms with Crippen LogP contribution >= 0.6 is 11.6 Å². The molecule has 0 spiro atoms. The van der Waals surface area contributed by atoms with Crippen LogP contribution in [0, 0.1) is 13.8 Å². The molecule has 1 heterocycles. The highest BCUT2D eigenvalue weighted by Crippen LogP contribution is 2.30. The van der Waals surface area contributed by atoms with Crippen molar-refractivity contribution in [1.82, 2.24) is 0 Å². The molecule has 0 aromatic heterocycles. The molecule has 4 nitrogen and oxygen atoms in total. The van der Waals surface area contributed by atoms with Gasteiger partial charge in [0.2, 0.25) is 5.91 Å². The number of anilines is 2. The molecule has 118 valence electrons. The van der Waals surface area contributed by atoms with Crippen LogP contribution in [0.15, 0.2) is 42.5 Å². The Morgan fingerprint density at radius 3 is 2.65 bits per heavy atom. The molecule has 1 aliphatic heterocycles. The highest BCUT2D eigenvalue weighted by atomic mass is 35.5. The lowest BCUT2D eigenvalue weighted by molar-refractivity contribution is -0.121. The summed E-state index contributed by atoms with van der Waals surface area (Å²) in [5.41, 5.74) is 3.32. The van der Waals surface area contributed by atoms with E-state index in [1.807, 2.05) is 38.1 Å². The van der Waals surface area contributed by atoms with Crippen molar-refractivity contribution in [3.63, 3.8) is 0 Å².